The van der Waals surface area contributed by atoms with Crippen LogP contribution in [0.5, 0.6) is 0 Å². The Balaban J connectivity index is 2.00. The lowest BCUT2D eigenvalue weighted by molar-refractivity contribution is 0.316. The Morgan fingerprint density at radius 1 is 1.38 bits per heavy atom. The van der Waals surface area contributed by atoms with Crippen molar-refractivity contribution in [3.63, 3.8) is 0 Å². The smallest absolute Gasteiger partial charge is 0.0947 e. The lowest BCUT2D eigenvalue weighted by Crippen LogP contribution is -2.25. The molecule has 1 heterocycles. The lowest BCUT2D eigenvalue weighted by atomic mass is 10.2. The molecule has 0 aliphatic rings. The van der Waals surface area contributed by atoms with Crippen molar-refractivity contribution in [2.75, 3.05) is 20.1 Å². The molecule has 0 aromatic carbocycles. The number of hydrogen-bond donors (Lipinski definition) is 1. The molecule has 92 valence electrons. The van der Waals surface area contributed by atoms with Gasteiger partial charge in [0.25, 0.3) is 0 Å². The quantitative estimate of drug-likeness (QED) is 0.688. The van der Waals surface area contributed by atoms with Gasteiger partial charge in [-0.1, -0.05) is 13.8 Å². The molecular weight excluding hydrogens is 200 g/mol. The molecule has 16 heavy (non-hydrogen) atoms. The largest absolute Gasteiger partial charge is 0.472 e. The number of nitrogens with zero attached hydrogens (tertiary/aromatic N) is 1. The van der Waals surface area contributed by atoms with Gasteiger partial charge < -0.3 is 14.6 Å². The van der Waals surface area contributed by atoms with E-state index in [0.717, 1.165) is 19.6 Å². The van der Waals surface area contributed by atoms with E-state index in [9.17, 15) is 0 Å². The molecule has 1 aromatic heterocycles. The highest BCUT2D eigenvalue weighted by atomic mass is 16.3. The topological polar surface area (TPSA) is 28.4 Å². The van der Waals surface area contributed by atoms with Gasteiger partial charge in [0, 0.05) is 18.2 Å². The Kier molecular flexibility index (Phi) is 6.19. The van der Waals surface area contributed by atoms with E-state index in [0.29, 0.717) is 6.04 Å². The second-order valence-corrected chi connectivity index (χ2v) is 4.69. The van der Waals surface area contributed by atoms with Gasteiger partial charge in [-0.2, -0.15) is 0 Å². The fraction of sp³-hybridized carbons (Fsp3) is 0.692. The van der Waals surface area contributed by atoms with Crippen LogP contribution in [-0.2, 0) is 6.54 Å². The Morgan fingerprint density at radius 2 is 2.19 bits per heavy atom. The summed E-state index contributed by atoms with van der Waals surface area (Å²) in [6.45, 7) is 7.62. The highest BCUT2D eigenvalue weighted by molar-refractivity contribution is 5.04. The summed E-state index contributed by atoms with van der Waals surface area (Å²) in [4.78, 5) is 2.33. The van der Waals surface area contributed by atoms with Crippen LogP contribution in [0.3, 0.4) is 0 Å². The van der Waals surface area contributed by atoms with Crippen LogP contribution in [0.25, 0.3) is 0 Å². The van der Waals surface area contributed by atoms with Crippen LogP contribution < -0.4 is 5.32 Å². The molecule has 0 atom stereocenters. The third kappa shape index (κ3) is 5.93. The zero-order chi connectivity index (χ0) is 11.8. The monoisotopic (exact) mass is 224 g/mol. The number of furan rings is 1. The maximum absolute atomic E-state index is 5.05. The van der Waals surface area contributed by atoms with Crippen LogP contribution in [0, 0.1) is 0 Å². The molecule has 0 spiro atoms. The van der Waals surface area contributed by atoms with E-state index in [4.69, 9.17) is 4.42 Å². The highest BCUT2D eigenvalue weighted by Crippen LogP contribution is 2.04. The minimum atomic E-state index is 0.601. The second kappa shape index (κ2) is 7.47. The first-order chi connectivity index (χ1) is 7.68. The van der Waals surface area contributed by atoms with Gasteiger partial charge in [-0.3, -0.25) is 0 Å². The Labute approximate surface area is 98.8 Å². The third-order valence-electron chi connectivity index (χ3n) is 2.55. The molecule has 3 nitrogen and oxygen atoms in total. The summed E-state index contributed by atoms with van der Waals surface area (Å²) in [5.74, 6) is 0. The first kappa shape index (κ1) is 13.3. The Morgan fingerprint density at radius 3 is 2.81 bits per heavy atom. The number of unbranched alkanes of at least 4 members (excludes halogenated alkanes) is 1. The third-order valence-corrected chi connectivity index (χ3v) is 2.55. The van der Waals surface area contributed by atoms with E-state index in [-0.39, 0.29) is 0 Å². The van der Waals surface area contributed by atoms with Crippen LogP contribution in [0.2, 0.25) is 0 Å². The Hall–Kier alpha value is -0.800. The van der Waals surface area contributed by atoms with E-state index in [1.165, 1.54) is 18.4 Å². The summed E-state index contributed by atoms with van der Waals surface area (Å²) in [6.07, 6.45) is 6.04. The maximum Gasteiger partial charge on any atom is 0.0947 e. The van der Waals surface area contributed by atoms with Gasteiger partial charge in [0.2, 0.25) is 0 Å². The van der Waals surface area contributed by atoms with E-state index in [1.807, 2.05) is 12.3 Å². The van der Waals surface area contributed by atoms with Crippen molar-refractivity contribution in [3.05, 3.63) is 24.2 Å². The summed E-state index contributed by atoms with van der Waals surface area (Å²) >= 11 is 0. The molecule has 1 N–H and O–H groups in total. The highest BCUT2D eigenvalue weighted by Gasteiger charge is 2.01. The average molecular weight is 224 g/mol. The molecule has 0 fully saturated rings. The summed E-state index contributed by atoms with van der Waals surface area (Å²) < 4.78 is 5.05. The van der Waals surface area contributed by atoms with Crippen molar-refractivity contribution in [1.82, 2.24) is 10.2 Å². The number of nitrogens with one attached hydrogen (secondary N) is 1. The molecule has 1 rings (SSSR count). The van der Waals surface area contributed by atoms with Gasteiger partial charge in [-0.15, -0.1) is 0 Å². The van der Waals surface area contributed by atoms with Crippen molar-refractivity contribution >= 4 is 0 Å². The van der Waals surface area contributed by atoms with Crippen LogP contribution >= 0.6 is 0 Å². The van der Waals surface area contributed by atoms with Gasteiger partial charge in [0.1, 0.15) is 0 Å². The first-order valence-electron chi connectivity index (χ1n) is 6.11. The summed E-state index contributed by atoms with van der Waals surface area (Å²) in [5.41, 5.74) is 1.25. The van der Waals surface area contributed by atoms with Crippen molar-refractivity contribution < 1.29 is 4.42 Å². The molecule has 3 heteroatoms. The van der Waals surface area contributed by atoms with E-state index >= 15 is 0 Å². The predicted molar refractivity (Wildman–Crippen MR) is 67.4 cm³/mol. The second-order valence-electron chi connectivity index (χ2n) is 4.69. The summed E-state index contributed by atoms with van der Waals surface area (Å²) in [7, 11) is 2.16. The lowest BCUT2D eigenvalue weighted by Gasteiger charge is -2.15. The molecule has 1 aromatic rings. The molecule has 0 saturated carbocycles. The van der Waals surface area contributed by atoms with E-state index < -0.39 is 0 Å². The zero-order valence-corrected chi connectivity index (χ0v) is 10.7. The van der Waals surface area contributed by atoms with Gasteiger partial charge in [0.15, 0.2) is 0 Å². The molecule has 0 radical (unpaired) electrons. The van der Waals surface area contributed by atoms with Gasteiger partial charge in [-0.25, -0.2) is 0 Å². The van der Waals surface area contributed by atoms with Gasteiger partial charge in [0.05, 0.1) is 12.5 Å². The summed E-state index contributed by atoms with van der Waals surface area (Å²) in [6, 6.07) is 2.63. The molecule has 0 saturated heterocycles. The maximum atomic E-state index is 5.05. The average Bonchev–Trinajstić information content (AvgIpc) is 2.69. The van der Waals surface area contributed by atoms with Crippen LogP contribution in [0.15, 0.2) is 23.0 Å². The van der Waals surface area contributed by atoms with Crippen LogP contribution in [-0.4, -0.2) is 31.1 Å². The molecular formula is C13H24N2O. The SMILES string of the molecule is CC(C)NCCCCN(C)Cc1ccoc1. The standard InChI is InChI=1S/C13H24N2O/c1-12(2)14-7-4-5-8-15(3)10-13-6-9-16-11-13/h6,9,11-12,14H,4-5,7-8,10H2,1-3H3. The molecule has 0 bridgehead atoms. The van der Waals surface area contributed by atoms with Crippen molar-refractivity contribution in [1.29, 1.82) is 0 Å². The zero-order valence-electron chi connectivity index (χ0n) is 10.7. The Bertz CT molecular complexity index is 257. The number of hydrogen-bond acceptors (Lipinski definition) is 3. The molecule has 0 unspecified atom stereocenters. The predicted octanol–water partition coefficient (Wildman–Crippen LogP) is 2.49. The van der Waals surface area contributed by atoms with E-state index in [2.05, 4.69) is 31.1 Å². The minimum Gasteiger partial charge on any atom is -0.472 e. The van der Waals surface area contributed by atoms with Crippen LogP contribution in [0.1, 0.15) is 32.3 Å². The van der Waals surface area contributed by atoms with Crippen molar-refractivity contribution in [3.8, 4) is 0 Å². The molecule has 0 amide bonds. The number of rotatable bonds is 8. The van der Waals surface area contributed by atoms with E-state index in [1.54, 1.807) is 6.26 Å². The van der Waals surface area contributed by atoms with Crippen LogP contribution in [0.4, 0.5) is 0 Å². The summed E-state index contributed by atoms with van der Waals surface area (Å²) in [5, 5.41) is 3.43. The fourth-order valence-electron chi connectivity index (χ4n) is 1.67. The van der Waals surface area contributed by atoms with Gasteiger partial charge >= 0.3 is 0 Å². The molecule has 0 aliphatic carbocycles. The fourth-order valence-corrected chi connectivity index (χ4v) is 1.67. The van der Waals surface area contributed by atoms with Crippen molar-refractivity contribution in [2.45, 2.75) is 39.3 Å². The normalized spacial score (nSPS) is 11.6. The van der Waals surface area contributed by atoms with Crippen molar-refractivity contribution in [2.24, 2.45) is 0 Å². The minimum absolute atomic E-state index is 0.601. The molecule has 0 aliphatic heterocycles. The van der Waals surface area contributed by atoms with Gasteiger partial charge in [-0.05, 0) is 39.0 Å². The first-order valence-corrected chi connectivity index (χ1v) is 6.11.